The van der Waals surface area contributed by atoms with E-state index in [1.165, 1.54) is 11.2 Å². The number of Topliss-reactive ketones (excluding diaryl/α,β-unsaturated/α-hetero) is 1. The fraction of sp³-hybridized carbons (Fsp3) is 0.259. The summed E-state index contributed by atoms with van der Waals surface area (Å²) in [7, 11) is 1.56. The van der Waals surface area contributed by atoms with Crippen LogP contribution in [0.25, 0.3) is 5.76 Å². The molecular formula is C27H27NO6. The van der Waals surface area contributed by atoms with Gasteiger partial charge in [0.1, 0.15) is 23.0 Å². The van der Waals surface area contributed by atoms with Gasteiger partial charge in [0.25, 0.3) is 11.7 Å². The lowest BCUT2D eigenvalue weighted by Gasteiger charge is -2.24. The number of nitrogens with zero attached hydrogens (tertiary/aromatic N) is 1. The summed E-state index contributed by atoms with van der Waals surface area (Å²) in [5, 5.41) is 11.3. The average molecular weight is 462 g/mol. The van der Waals surface area contributed by atoms with Gasteiger partial charge in [0.05, 0.1) is 38.1 Å². The van der Waals surface area contributed by atoms with E-state index in [9.17, 15) is 14.7 Å². The quantitative estimate of drug-likeness (QED) is 0.290. The minimum Gasteiger partial charge on any atom is -0.507 e. The third kappa shape index (κ3) is 4.69. The Labute approximate surface area is 198 Å². The Bertz CT molecular complexity index is 1190. The Hall–Kier alpha value is -4.00. The maximum atomic E-state index is 13.2. The summed E-state index contributed by atoms with van der Waals surface area (Å²) >= 11 is 0. The molecule has 0 spiro atoms. The summed E-state index contributed by atoms with van der Waals surface area (Å²) < 4.78 is 16.4. The molecule has 0 aliphatic carbocycles. The van der Waals surface area contributed by atoms with Gasteiger partial charge >= 0.3 is 0 Å². The summed E-state index contributed by atoms with van der Waals surface area (Å²) in [5.41, 5.74) is 1.08. The lowest BCUT2D eigenvalue weighted by atomic mass is 9.95. The number of hydrogen-bond acceptors (Lipinski definition) is 6. The number of carbonyl (C=O) groups excluding carboxylic acids is 2. The van der Waals surface area contributed by atoms with Crippen LogP contribution in [0.4, 0.5) is 0 Å². The fourth-order valence-electron chi connectivity index (χ4n) is 3.90. The van der Waals surface area contributed by atoms with Crippen molar-refractivity contribution in [2.45, 2.75) is 26.4 Å². The van der Waals surface area contributed by atoms with Gasteiger partial charge in [0.2, 0.25) is 0 Å². The molecule has 1 aliphatic rings. The molecule has 1 atom stereocenters. The Morgan fingerprint density at radius 2 is 1.82 bits per heavy atom. The van der Waals surface area contributed by atoms with Gasteiger partial charge < -0.3 is 23.9 Å². The first-order valence-corrected chi connectivity index (χ1v) is 11.1. The zero-order valence-corrected chi connectivity index (χ0v) is 19.4. The van der Waals surface area contributed by atoms with Crippen LogP contribution in [0.5, 0.6) is 11.5 Å². The number of ketones is 1. The van der Waals surface area contributed by atoms with Gasteiger partial charge in [0.15, 0.2) is 0 Å². The minimum atomic E-state index is -0.795. The van der Waals surface area contributed by atoms with E-state index >= 15 is 0 Å². The highest BCUT2D eigenvalue weighted by Crippen LogP contribution is 2.41. The van der Waals surface area contributed by atoms with Crippen LogP contribution in [0.1, 0.15) is 36.8 Å². The molecule has 34 heavy (non-hydrogen) atoms. The number of aliphatic hydroxyl groups is 1. The average Bonchev–Trinajstić information content (AvgIpc) is 3.45. The summed E-state index contributed by atoms with van der Waals surface area (Å²) in [6.45, 7) is 4.69. The van der Waals surface area contributed by atoms with E-state index in [0.29, 0.717) is 40.9 Å². The van der Waals surface area contributed by atoms with Crippen molar-refractivity contribution in [3.63, 3.8) is 0 Å². The van der Waals surface area contributed by atoms with E-state index in [4.69, 9.17) is 13.9 Å². The third-order valence-corrected chi connectivity index (χ3v) is 5.57. The SMILES string of the molecule is COc1ccc(C2/C(=C(/O)c3cccc(OCC(C)C)c3)C(=O)C(=O)N2Cc2ccco2)cc1. The number of carbonyl (C=O) groups is 2. The molecule has 1 fully saturated rings. The van der Waals surface area contributed by atoms with Gasteiger partial charge in [-0.05, 0) is 47.9 Å². The first-order chi connectivity index (χ1) is 16.4. The van der Waals surface area contributed by atoms with Gasteiger partial charge in [-0.1, -0.05) is 38.1 Å². The molecule has 7 nitrogen and oxygen atoms in total. The molecule has 2 heterocycles. The summed E-state index contributed by atoms with van der Waals surface area (Å²) in [6.07, 6.45) is 1.51. The maximum absolute atomic E-state index is 13.2. The largest absolute Gasteiger partial charge is 0.507 e. The van der Waals surface area contributed by atoms with Crippen molar-refractivity contribution >= 4 is 17.4 Å². The Morgan fingerprint density at radius 3 is 2.47 bits per heavy atom. The number of hydrogen-bond donors (Lipinski definition) is 1. The normalized spacial score (nSPS) is 17.4. The van der Waals surface area contributed by atoms with Crippen molar-refractivity contribution in [2.24, 2.45) is 5.92 Å². The molecule has 1 aromatic heterocycles. The van der Waals surface area contributed by atoms with Gasteiger partial charge in [-0.25, -0.2) is 0 Å². The van der Waals surface area contributed by atoms with E-state index in [-0.39, 0.29) is 17.9 Å². The molecular weight excluding hydrogens is 434 g/mol. The van der Waals surface area contributed by atoms with Gasteiger partial charge in [0, 0.05) is 5.56 Å². The van der Waals surface area contributed by atoms with Gasteiger partial charge in [-0.3, -0.25) is 9.59 Å². The Balaban J connectivity index is 1.79. The molecule has 1 N–H and O–H groups in total. The molecule has 2 aromatic carbocycles. The first kappa shape index (κ1) is 23.2. The van der Waals surface area contributed by atoms with Gasteiger partial charge in [-0.15, -0.1) is 0 Å². The van der Waals surface area contributed by atoms with E-state index in [2.05, 4.69) is 0 Å². The summed E-state index contributed by atoms with van der Waals surface area (Å²) in [4.78, 5) is 27.6. The molecule has 1 amide bonds. The molecule has 0 radical (unpaired) electrons. The molecule has 0 saturated carbocycles. The molecule has 1 aliphatic heterocycles. The van der Waals surface area contributed by atoms with Crippen molar-refractivity contribution < 1.29 is 28.6 Å². The van der Waals surface area contributed by atoms with Crippen molar-refractivity contribution in [2.75, 3.05) is 13.7 Å². The van der Waals surface area contributed by atoms with Crippen LogP contribution in [0.2, 0.25) is 0 Å². The number of furan rings is 1. The number of aliphatic hydroxyl groups excluding tert-OH is 1. The predicted octanol–water partition coefficient (Wildman–Crippen LogP) is 4.94. The van der Waals surface area contributed by atoms with Crippen LogP contribution < -0.4 is 9.47 Å². The zero-order valence-electron chi connectivity index (χ0n) is 19.4. The van der Waals surface area contributed by atoms with E-state index in [1.807, 2.05) is 13.8 Å². The lowest BCUT2D eigenvalue weighted by Crippen LogP contribution is -2.29. The predicted molar refractivity (Wildman–Crippen MR) is 126 cm³/mol. The summed E-state index contributed by atoms with van der Waals surface area (Å²) in [5.74, 6) is 0.370. The van der Waals surface area contributed by atoms with Crippen LogP contribution in [0.15, 0.2) is 76.9 Å². The molecule has 0 bridgehead atoms. The highest BCUT2D eigenvalue weighted by Gasteiger charge is 2.46. The van der Waals surface area contributed by atoms with Crippen LogP contribution >= 0.6 is 0 Å². The first-order valence-electron chi connectivity index (χ1n) is 11.1. The van der Waals surface area contributed by atoms with Crippen molar-refractivity contribution in [1.82, 2.24) is 4.90 Å². The Kier molecular flexibility index (Phi) is 6.72. The second-order valence-electron chi connectivity index (χ2n) is 8.51. The minimum absolute atomic E-state index is 0.0164. The standard InChI is InChI=1S/C27H27NO6/c1-17(2)16-34-21-7-4-6-19(14-21)25(29)23-24(18-9-11-20(32-3)12-10-18)28(27(31)26(23)30)15-22-8-5-13-33-22/h4-14,17,24,29H,15-16H2,1-3H3/b25-23-. The fourth-order valence-corrected chi connectivity index (χ4v) is 3.90. The second-order valence-corrected chi connectivity index (χ2v) is 8.51. The van der Waals surface area contributed by atoms with Crippen LogP contribution in [0, 0.1) is 5.92 Å². The molecule has 1 unspecified atom stereocenters. The monoisotopic (exact) mass is 461 g/mol. The smallest absolute Gasteiger partial charge is 0.296 e. The second kappa shape index (κ2) is 9.87. The van der Waals surface area contributed by atoms with E-state index < -0.39 is 17.7 Å². The van der Waals surface area contributed by atoms with Crippen LogP contribution in [-0.2, 0) is 16.1 Å². The topological polar surface area (TPSA) is 89.2 Å². The summed E-state index contributed by atoms with van der Waals surface area (Å²) in [6, 6.07) is 16.6. The number of methoxy groups -OCH3 is 1. The van der Waals surface area contributed by atoms with E-state index in [0.717, 1.165) is 0 Å². The molecule has 1 saturated heterocycles. The van der Waals surface area contributed by atoms with Gasteiger partial charge in [-0.2, -0.15) is 0 Å². The molecule has 7 heteroatoms. The number of likely N-dealkylation sites (tertiary alicyclic amines) is 1. The Morgan fingerprint density at radius 1 is 1.06 bits per heavy atom. The van der Waals surface area contributed by atoms with Crippen LogP contribution in [-0.4, -0.2) is 35.4 Å². The number of benzene rings is 2. The van der Waals surface area contributed by atoms with Crippen molar-refractivity contribution in [3.05, 3.63) is 89.4 Å². The molecule has 4 rings (SSSR count). The van der Waals surface area contributed by atoms with Crippen LogP contribution in [0.3, 0.4) is 0 Å². The number of ether oxygens (including phenoxy) is 2. The van der Waals surface area contributed by atoms with E-state index in [1.54, 1.807) is 67.8 Å². The maximum Gasteiger partial charge on any atom is 0.296 e. The highest BCUT2D eigenvalue weighted by molar-refractivity contribution is 6.46. The number of rotatable bonds is 8. The molecule has 176 valence electrons. The highest BCUT2D eigenvalue weighted by atomic mass is 16.5. The number of amides is 1. The molecule has 3 aromatic rings. The van der Waals surface area contributed by atoms with Crippen molar-refractivity contribution in [3.8, 4) is 11.5 Å². The van der Waals surface area contributed by atoms with Crippen molar-refractivity contribution in [1.29, 1.82) is 0 Å². The lowest BCUT2D eigenvalue weighted by molar-refractivity contribution is -0.140. The zero-order chi connectivity index (χ0) is 24.2. The third-order valence-electron chi connectivity index (χ3n) is 5.57.